The van der Waals surface area contributed by atoms with Crippen molar-refractivity contribution in [1.82, 2.24) is 24.9 Å². The molecule has 8 heteroatoms. The molecule has 0 aliphatic carbocycles. The normalized spacial score (nSPS) is 17.3. The van der Waals surface area contributed by atoms with E-state index in [0.29, 0.717) is 13.0 Å². The van der Waals surface area contributed by atoms with E-state index in [1.165, 1.54) is 0 Å². The highest BCUT2D eigenvalue weighted by Gasteiger charge is 2.25. The molecule has 2 N–H and O–H groups in total. The van der Waals surface area contributed by atoms with Crippen LogP contribution in [0.2, 0.25) is 0 Å². The van der Waals surface area contributed by atoms with Crippen molar-refractivity contribution < 1.29 is 4.79 Å². The average Bonchev–Trinajstić information content (AvgIpc) is 3.25. The number of carbonyl (C=O) groups is 1. The number of nitrogens with one attached hydrogen (secondary N) is 2. The Morgan fingerprint density at radius 1 is 1.42 bits per heavy atom. The Morgan fingerprint density at radius 2 is 2.23 bits per heavy atom. The lowest BCUT2D eigenvalue weighted by Gasteiger charge is -2.18. The van der Waals surface area contributed by atoms with Crippen molar-refractivity contribution in [3.8, 4) is 0 Å². The number of guanidine groups is 1. The molecule has 0 radical (unpaired) electrons. The number of hydrogen-bond acceptors (Lipinski definition) is 3. The molecule has 1 fully saturated rings. The Bertz CT molecular complexity index is 787. The van der Waals surface area contributed by atoms with Gasteiger partial charge in [-0.1, -0.05) is 13.0 Å². The molecule has 2 aromatic heterocycles. The Hall–Kier alpha value is -1.84. The van der Waals surface area contributed by atoms with E-state index in [1.54, 1.807) is 7.05 Å². The zero-order valence-electron chi connectivity index (χ0n) is 15.5. The van der Waals surface area contributed by atoms with Crippen molar-refractivity contribution in [2.45, 2.75) is 39.3 Å². The summed E-state index contributed by atoms with van der Waals surface area (Å²) in [6, 6.07) is 6.32. The topological polar surface area (TPSA) is 74.0 Å². The molecule has 1 aliphatic heterocycles. The lowest BCUT2D eigenvalue weighted by atomic mass is 10.3. The van der Waals surface area contributed by atoms with Crippen LogP contribution < -0.4 is 10.6 Å². The first-order valence-corrected chi connectivity index (χ1v) is 8.79. The van der Waals surface area contributed by atoms with Gasteiger partial charge in [0.05, 0.1) is 12.2 Å². The molecule has 26 heavy (non-hydrogen) atoms. The van der Waals surface area contributed by atoms with E-state index >= 15 is 0 Å². The van der Waals surface area contributed by atoms with Crippen molar-refractivity contribution in [2.24, 2.45) is 4.99 Å². The molecule has 142 valence electrons. The van der Waals surface area contributed by atoms with Crippen molar-refractivity contribution in [3.05, 3.63) is 35.8 Å². The molecule has 1 amide bonds. The Morgan fingerprint density at radius 3 is 2.92 bits per heavy atom. The second-order valence-electron chi connectivity index (χ2n) is 6.38. The molecule has 0 aromatic carbocycles. The quantitative estimate of drug-likeness (QED) is 0.407. The molecule has 0 spiro atoms. The smallest absolute Gasteiger partial charge is 0.222 e. The standard InChI is InChI=1S/C18H26N6O.HI/c1-4-17(25)23-9-8-14(11-23)22-18(19-3)20-10-15-12-24-13(2)6-5-7-16(24)21-15;/h5-7,12,14H,4,8-11H2,1-3H3,(H2,19,20,22);1H. The molecule has 1 aliphatic rings. The molecular weight excluding hydrogens is 443 g/mol. The maximum absolute atomic E-state index is 11.8. The molecule has 1 unspecified atom stereocenters. The third-order valence-corrected chi connectivity index (χ3v) is 4.59. The van der Waals surface area contributed by atoms with Gasteiger partial charge in [0.2, 0.25) is 5.91 Å². The van der Waals surface area contributed by atoms with Gasteiger partial charge < -0.3 is 19.9 Å². The van der Waals surface area contributed by atoms with E-state index in [-0.39, 0.29) is 35.9 Å². The van der Waals surface area contributed by atoms with Gasteiger partial charge in [0, 0.05) is 44.5 Å². The number of aliphatic imine (C=N–C) groups is 1. The van der Waals surface area contributed by atoms with E-state index in [9.17, 15) is 4.79 Å². The highest BCUT2D eigenvalue weighted by molar-refractivity contribution is 14.0. The molecule has 3 heterocycles. The van der Waals surface area contributed by atoms with Crippen LogP contribution in [0.5, 0.6) is 0 Å². The summed E-state index contributed by atoms with van der Waals surface area (Å²) in [6.45, 7) is 6.12. The van der Waals surface area contributed by atoms with E-state index in [2.05, 4.69) is 38.0 Å². The van der Waals surface area contributed by atoms with E-state index in [0.717, 1.165) is 42.5 Å². The van der Waals surface area contributed by atoms with Gasteiger partial charge in [-0.25, -0.2) is 4.98 Å². The van der Waals surface area contributed by atoms with Crippen LogP contribution in [0.15, 0.2) is 29.4 Å². The molecular formula is C18H27IN6O. The number of rotatable bonds is 4. The second kappa shape index (κ2) is 9.20. The summed E-state index contributed by atoms with van der Waals surface area (Å²) in [5.41, 5.74) is 3.07. The van der Waals surface area contributed by atoms with Gasteiger partial charge >= 0.3 is 0 Å². The first-order chi connectivity index (χ1) is 12.1. The van der Waals surface area contributed by atoms with Crippen LogP contribution in [0, 0.1) is 6.92 Å². The van der Waals surface area contributed by atoms with Gasteiger partial charge in [0.25, 0.3) is 0 Å². The molecule has 7 nitrogen and oxygen atoms in total. The summed E-state index contributed by atoms with van der Waals surface area (Å²) in [6.07, 6.45) is 3.55. The lowest BCUT2D eigenvalue weighted by molar-refractivity contribution is -0.129. The largest absolute Gasteiger partial charge is 0.352 e. The van der Waals surface area contributed by atoms with Crippen LogP contribution in [0.3, 0.4) is 0 Å². The molecule has 3 rings (SSSR count). The summed E-state index contributed by atoms with van der Waals surface area (Å²) in [5.74, 6) is 0.955. The van der Waals surface area contributed by atoms with Crippen molar-refractivity contribution in [2.75, 3.05) is 20.1 Å². The number of aryl methyl sites for hydroxylation is 1. The van der Waals surface area contributed by atoms with Gasteiger partial charge in [-0.2, -0.15) is 0 Å². The fourth-order valence-corrected chi connectivity index (χ4v) is 3.17. The number of halogens is 1. The second-order valence-corrected chi connectivity index (χ2v) is 6.38. The van der Waals surface area contributed by atoms with Gasteiger partial charge in [-0.15, -0.1) is 24.0 Å². The number of nitrogens with zero attached hydrogens (tertiary/aromatic N) is 4. The predicted octanol–water partition coefficient (Wildman–Crippen LogP) is 1.94. The number of carbonyl (C=O) groups excluding carboxylic acids is 1. The SMILES string of the molecule is CCC(=O)N1CCC(NC(=NC)NCc2cn3c(C)cccc3n2)C1.I. The molecule has 1 atom stereocenters. The minimum absolute atomic E-state index is 0. The predicted molar refractivity (Wildman–Crippen MR) is 114 cm³/mol. The lowest BCUT2D eigenvalue weighted by Crippen LogP contribution is -2.44. The van der Waals surface area contributed by atoms with Crippen LogP contribution in [0.1, 0.15) is 31.2 Å². The third-order valence-electron chi connectivity index (χ3n) is 4.59. The Labute approximate surface area is 171 Å². The summed E-state index contributed by atoms with van der Waals surface area (Å²) in [4.78, 5) is 22.6. The maximum Gasteiger partial charge on any atom is 0.222 e. The highest BCUT2D eigenvalue weighted by Crippen LogP contribution is 2.11. The van der Waals surface area contributed by atoms with Crippen molar-refractivity contribution in [1.29, 1.82) is 0 Å². The van der Waals surface area contributed by atoms with Crippen LogP contribution in [0.25, 0.3) is 5.65 Å². The average molecular weight is 470 g/mol. The van der Waals surface area contributed by atoms with Crippen LogP contribution in [0.4, 0.5) is 0 Å². The fourth-order valence-electron chi connectivity index (χ4n) is 3.17. The van der Waals surface area contributed by atoms with E-state index < -0.39 is 0 Å². The third kappa shape index (κ3) is 4.66. The molecule has 0 bridgehead atoms. The zero-order chi connectivity index (χ0) is 17.8. The first kappa shape index (κ1) is 20.5. The highest BCUT2D eigenvalue weighted by atomic mass is 127. The summed E-state index contributed by atoms with van der Waals surface area (Å²) in [5, 5.41) is 6.71. The zero-order valence-corrected chi connectivity index (χ0v) is 17.9. The first-order valence-electron chi connectivity index (χ1n) is 8.79. The van der Waals surface area contributed by atoms with Crippen LogP contribution >= 0.6 is 24.0 Å². The number of imidazole rings is 1. The monoisotopic (exact) mass is 470 g/mol. The van der Waals surface area contributed by atoms with E-state index in [4.69, 9.17) is 0 Å². The number of pyridine rings is 1. The Kier molecular flexibility index (Phi) is 7.24. The maximum atomic E-state index is 11.8. The molecule has 2 aromatic rings. The molecule has 1 saturated heterocycles. The Balaban J connectivity index is 0.00000243. The van der Waals surface area contributed by atoms with Gasteiger partial charge in [-0.3, -0.25) is 9.79 Å². The number of fused-ring (bicyclic) bond motifs is 1. The number of amides is 1. The van der Waals surface area contributed by atoms with Crippen molar-refractivity contribution >= 4 is 41.5 Å². The van der Waals surface area contributed by atoms with Gasteiger partial charge in [0.1, 0.15) is 5.65 Å². The van der Waals surface area contributed by atoms with Crippen LogP contribution in [-0.4, -0.2) is 52.3 Å². The van der Waals surface area contributed by atoms with Gasteiger partial charge in [-0.05, 0) is 25.5 Å². The molecule has 0 saturated carbocycles. The summed E-state index contributed by atoms with van der Waals surface area (Å²) in [7, 11) is 1.76. The fraction of sp³-hybridized carbons (Fsp3) is 0.500. The van der Waals surface area contributed by atoms with Crippen LogP contribution in [-0.2, 0) is 11.3 Å². The number of aromatic nitrogens is 2. The summed E-state index contributed by atoms with van der Waals surface area (Å²) < 4.78 is 2.08. The minimum Gasteiger partial charge on any atom is -0.352 e. The number of hydrogen-bond donors (Lipinski definition) is 2. The minimum atomic E-state index is 0. The number of likely N-dealkylation sites (tertiary alicyclic amines) is 1. The van der Waals surface area contributed by atoms with Crippen molar-refractivity contribution in [3.63, 3.8) is 0 Å². The van der Waals surface area contributed by atoms with E-state index in [1.807, 2.05) is 30.2 Å². The van der Waals surface area contributed by atoms with Gasteiger partial charge in [0.15, 0.2) is 5.96 Å². The summed E-state index contributed by atoms with van der Waals surface area (Å²) >= 11 is 0.